The fraction of sp³-hybridized carbons (Fsp3) is 0.316. The van der Waals surface area contributed by atoms with E-state index in [0.717, 1.165) is 12.0 Å². The second-order valence-corrected chi connectivity index (χ2v) is 6.49. The van der Waals surface area contributed by atoms with Gasteiger partial charge in [-0.3, -0.25) is 9.59 Å². The van der Waals surface area contributed by atoms with Crippen molar-refractivity contribution in [3.8, 4) is 0 Å². The SMILES string of the molecule is CCC(C)C(NC(=O)c1ccc(Cl)cc1)C(=O)Nc1cc(C)ccn1. The van der Waals surface area contributed by atoms with Crippen LogP contribution in [0.2, 0.25) is 5.02 Å². The minimum Gasteiger partial charge on any atom is -0.340 e. The molecule has 0 spiro atoms. The van der Waals surface area contributed by atoms with E-state index in [1.807, 2.05) is 26.8 Å². The van der Waals surface area contributed by atoms with Crippen molar-refractivity contribution in [3.63, 3.8) is 0 Å². The topological polar surface area (TPSA) is 71.1 Å². The molecule has 1 aromatic carbocycles. The highest BCUT2D eigenvalue weighted by Gasteiger charge is 2.26. The Labute approximate surface area is 152 Å². The monoisotopic (exact) mass is 359 g/mol. The number of rotatable bonds is 6. The Morgan fingerprint density at radius 3 is 2.48 bits per heavy atom. The Balaban J connectivity index is 2.13. The molecule has 132 valence electrons. The second kappa shape index (κ2) is 8.62. The smallest absolute Gasteiger partial charge is 0.251 e. The quantitative estimate of drug-likeness (QED) is 0.823. The number of carbonyl (C=O) groups excluding carboxylic acids is 2. The summed E-state index contributed by atoms with van der Waals surface area (Å²) >= 11 is 5.85. The van der Waals surface area contributed by atoms with Crippen LogP contribution in [0.4, 0.5) is 5.82 Å². The van der Waals surface area contributed by atoms with Crippen LogP contribution in [-0.4, -0.2) is 22.8 Å². The molecule has 0 aliphatic rings. The van der Waals surface area contributed by atoms with Crippen LogP contribution in [0.1, 0.15) is 36.2 Å². The van der Waals surface area contributed by atoms with Gasteiger partial charge in [0.1, 0.15) is 11.9 Å². The largest absolute Gasteiger partial charge is 0.340 e. The molecule has 2 rings (SSSR count). The molecule has 6 heteroatoms. The maximum absolute atomic E-state index is 12.7. The summed E-state index contributed by atoms with van der Waals surface area (Å²) in [6.45, 7) is 5.83. The van der Waals surface area contributed by atoms with Crippen LogP contribution in [0.15, 0.2) is 42.6 Å². The Kier molecular flexibility index (Phi) is 6.53. The van der Waals surface area contributed by atoms with Crippen molar-refractivity contribution in [1.29, 1.82) is 0 Å². The molecule has 0 saturated heterocycles. The number of hydrogen-bond donors (Lipinski definition) is 2. The first-order valence-corrected chi connectivity index (χ1v) is 8.58. The molecule has 25 heavy (non-hydrogen) atoms. The van der Waals surface area contributed by atoms with Gasteiger partial charge < -0.3 is 10.6 Å². The predicted molar refractivity (Wildman–Crippen MR) is 99.8 cm³/mol. The van der Waals surface area contributed by atoms with Gasteiger partial charge in [-0.25, -0.2) is 4.98 Å². The molecule has 0 bridgehead atoms. The highest BCUT2D eigenvalue weighted by atomic mass is 35.5. The number of carbonyl (C=O) groups is 2. The summed E-state index contributed by atoms with van der Waals surface area (Å²) in [5.74, 6) is -0.149. The fourth-order valence-electron chi connectivity index (χ4n) is 2.34. The van der Waals surface area contributed by atoms with E-state index in [1.54, 1.807) is 36.5 Å². The van der Waals surface area contributed by atoms with Crippen LogP contribution in [0, 0.1) is 12.8 Å². The Hall–Kier alpha value is -2.40. The number of anilines is 1. The van der Waals surface area contributed by atoms with Gasteiger partial charge in [0.15, 0.2) is 0 Å². The Morgan fingerprint density at radius 2 is 1.88 bits per heavy atom. The van der Waals surface area contributed by atoms with Crippen LogP contribution in [0.5, 0.6) is 0 Å². The summed E-state index contributed by atoms with van der Waals surface area (Å²) in [4.78, 5) is 29.2. The van der Waals surface area contributed by atoms with Gasteiger partial charge in [-0.05, 0) is 54.8 Å². The van der Waals surface area contributed by atoms with Gasteiger partial charge in [-0.2, -0.15) is 0 Å². The molecule has 1 aromatic heterocycles. The summed E-state index contributed by atoms with van der Waals surface area (Å²) in [6.07, 6.45) is 2.38. The molecule has 2 amide bonds. The van der Waals surface area contributed by atoms with Gasteiger partial charge in [0.2, 0.25) is 5.91 Å². The zero-order valence-corrected chi connectivity index (χ0v) is 15.3. The van der Waals surface area contributed by atoms with Gasteiger partial charge in [-0.1, -0.05) is 31.9 Å². The molecule has 2 N–H and O–H groups in total. The lowest BCUT2D eigenvalue weighted by Gasteiger charge is -2.23. The van der Waals surface area contributed by atoms with Gasteiger partial charge in [0.25, 0.3) is 5.91 Å². The Bertz CT molecular complexity index is 747. The van der Waals surface area contributed by atoms with Crippen molar-refractivity contribution in [2.45, 2.75) is 33.2 Å². The molecule has 2 atom stereocenters. The number of pyridine rings is 1. The van der Waals surface area contributed by atoms with E-state index in [1.165, 1.54) is 0 Å². The molecule has 0 aliphatic carbocycles. The lowest BCUT2D eigenvalue weighted by Crippen LogP contribution is -2.47. The molecule has 0 fully saturated rings. The summed E-state index contributed by atoms with van der Waals surface area (Å²) in [7, 11) is 0. The maximum atomic E-state index is 12.7. The van der Waals surface area contributed by atoms with E-state index in [0.29, 0.717) is 16.4 Å². The van der Waals surface area contributed by atoms with Crippen LogP contribution in [0.3, 0.4) is 0 Å². The number of amides is 2. The van der Waals surface area contributed by atoms with Gasteiger partial charge in [0.05, 0.1) is 0 Å². The van der Waals surface area contributed by atoms with E-state index in [2.05, 4.69) is 15.6 Å². The third kappa shape index (κ3) is 5.29. The highest BCUT2D eigenvalue weighted by molar-refractivity contribution is 6.30. The molecular formula is C19H22ClN3O2. The summed E-state index contributed by atoms with van der Waals surface area (Å²) in [6, 6.07) is 9.53. The Morgan fingerprint density at radius 1 is 1.20 bits per heavy atom. The fourth-order valence-corrected chi connectivity index (χ4v) is 2.46. The van der Waals surface area contributed by atoms with E-state index in [9.17, 15) is 9.59 Å². The average molecular weight is 360 g/mol. The van der Waals surface area contributed by atoms with Crippen LogP contribution < -0.4 is 10.6 Å². The van der Waals surface area contributed by atoms with Crippen LogP contribution in [-0.2, 0) is 4.79 Å². The normalized spacial score (nSPS) is 13.0. The zero-order chi connectivity index (χ0) is 18.4. The number of hydrogen-bond acceptors (Lipinski definition) is 3. The molecule has 2 unspecified atom stereocenters. The van der Waals surface area contributed by atoms with Crippen molar-refractivity contribution in [1.82, 2.24) is 10.3 Å². The first kappa shape index (κ1) is 18.9. The number of halogens is 1. The third-order valence-corrected chi connectivity index (χ3v) is 4.31. The van der Waals surface area contributed by atoms with Crippen LogP contribution >= 0.6 is 11.6 Å². The zero-order valence-electron chi connectivity index (χ0n) is 14.5. The van der Waals surface area contributed by atoms with Gasteiger partial charge >= 0.3 is 0 Å². The number of nitrogens with zero attached hydrogens (tertiary/aromatic N) is 1. The first-order chi connectivity index (χ1) is 11.9. The van der Waals surface area contributed by atoms with Crippen LogP contribution in [0.25, 0.3) is 0 Å². The lowest BCUT2D eigenvalue weighted by atomic mass is 9.98. The summed E-state index contributed by atoms with van der Waals surface area (Å²) in [5.41, 5.74) is 1.45. The van der Waals surface area contributed by atoms with E-state index in [4.69, 9.17) is 11.6 Å². The van der Waals surface area contributed by atoms with Gasteiger partial charge in [-0.15, -0.1) is 0 Å². The predicted octanol–water partition coefficient (Wildman–Crippen LogP) is 3.83. The summed E-state index contributed by atoms with van der Waals surface area (Å²) in [5, 5.41) is 6.15. The second-order valence-electron chi connectivity index (χ2n) is 6.05. The van der Waals surface area contributed by atoms with Crippen molar-refractivity contribution < 1.29 is 9.59 Å². The van der Waals surface area contributed by atoms with Crippen molar-refractivity contribution >= 4 is 29.2 Å². The highest BCUT2D eigenvalue weighted by Crippen LogP contribution is 2.14. The van der Waals surface area contributed by atoms with E-state index >= 15 is 0 Å². The van der Waals surface area contributed by atoms with Crippen molar-refractivity contribution in [2.24, 2.45) is 5.92 Å². The van der Waals surface area contributed by atoms with E-state index < -0.39 is 6.04 Å². The maximum Gasteiger partial charge on any atom is 0.251 e. The molecule has 2 aromatic rings. The number of aromatic nitrogens is 1. The number of nitrogens with one attached hydrogen (secondary N) is 2. The first-order valence-electron chi connectivity index (χ1n) is 8.20. The van der Waals surface area contributed by atoms with Crippen molar-refractivity contribution in [3.05, 3.63) is 58.7 Å². The average Bonchev–Trinajstić information content (AvgIpc) is 2.59. The summed E-state index contributed by atoms with van der Waals surface area (Å²) < 4.78 is 0. The molecule has 0 aliphatic heterocycles. The minimum absolute atomic E-state index is 0.0268. The number of benzene rings is 1. The third-order valence-electron chi connectivity index (χ3n) is 4.06. The lowest BCUT2D eigenvalue weighted by molar-refractivity contribution is -0.119. The van der Waals surface area contributed by atoms with Gasteiger partial charge in [0, 0.05) is 16.8 Å². The van der Waals surface area contributed by atoms with E-state index in [-0.39, 0.29) is 17.7 Å². The number of aryl methyl sites for hydroxylation is 1. The molecule has 5 nitrogen and oxygen atoms in total. The van der Waals surface area contributed by atoms with Crippen molar-refractivity contribution in [2.75, 3.05) is 5.32 Å². The molecular weight excluding hydrogens is 338 g/mol. The minimum atomic E-state index is -0.657. The standard InChI is InChI=1S/C19H22ClN3O2/c1-4-13(3)17(19(25)22-16-11-12(2)9-10-21-16)23-18(24)14-5-7-15(20)8-6-14/h5-11,13,17H,4H2,1-3H3,(H,23,24)(H,21,22,25). The molecule has 1 heterocycles. The molecule has 0 saturated carbocycles. The molecule has 0 radical (unpaired) electrons.